The quantitative estimate of drug-likeness (QED) is 0.736. The summed E-state index contributed by atoms with van der Waals surface area (Å²) in [5, 5.41) is 1.07. The van der Waals surface area contributed by atoms with Crippen molar-refractivity contribution in [3.05, 3.63) is 40.4 Å². The summed E-state index contributed by atoms with van der Waals surface area (Å²) < 4.78 is 0. The van der Waals surface area contributed by atoms with Gasteiger partial charge in [-0.25, -0.2) is 4.98 Å². The van der Waals surface area contributed by atoms with Gasteiger partial charge in [0.05, 0.1) is 11.6 Å². The van der Waals surface area contributed by atoms with E-state index in [2.05, 4.69) is 36.2 Å². The summed E-state index contributed by atoms with van der Waals surface area (Å²) in [6.45, 7) is 4.17. The molecule has 0 saturated carbocycles. The zero-order valence-corrected chi connectivity index (χ0v) is 11.0. The van der Waals surface area contributed by atoms with E-state index >= 15 is 0 Å². The van der Waals surface area contributed by atoms with Crippen LogP contribution in [-0.2, 0) is 12.3 Å². The van der Waals surface area contributed by atoms with Crippen molar-refractivity contribution in [1.29, 1.82) is 0 Å². The molecule has 84 valence electrons. The number of thiazole rings is 1. The maximum atomic E-state index is 5.85. The maximum absolute atomic E-state index is 5.85. The number of alkyl halides is 1. The molecular weight excluding hydrogens is 238 g/mol. The van der Waals surface area contributed by atoms with E-state index in [1.165, 1.54) is 11.1 Å². The van der Waals surface area contributed by atoms with Gasteiger partial charge in [-0.15, -0.1) is 22.9 Å². The highest BCUT2D eigenvalue weighted by atomic mass is 35.5. The lowest BCUT2D eigenvalue weighted by Crippen LogP contribution is -1.81. The smallest absolute Gasteiger partial charge is 0.123 e. The molecule has 0 atom stereocenters. The third-order valence-corrected chi connectivity index (χ3v) is 4.26. The fourth-order valence-electron chi connectivity index (χ4n) is 1.56. The first kappa shape index (κ1) is 11.6. The Balaban J connectivity index is 2.34. The average molecular weight is 252 g/mol. The zero-order chi connectivity index (χ0) is 11.5. The van der Waals surface area contributed by atoms with Gasteiger partial charge in [0.2, 0.25) is 0 Å². The van der Waals surface area contributed by atoms with Gasteiger partial charge < -0.3 is 0 Å². The van der Waals surface area contributed by atoms with Crippen molar-refractivity contribution < 1.29 is 0 Å². The van der Waals surface area contributed by atoms with Crippen LogP contribution in [0.2, 0.25) is 0 Å². The lowest BCUT2D eigenvalue weighted by molar-refractivity contribution is 1.14. The van der Waals surface area contributed by atoms with Crippen LogP contribution >= 0.6 is 22.9 Å². The van der Waals surface area contributed by atoms with Crippen molar-refractivity contribution in [2.45, 2.75) is 26.1 Å². The largest absolute Gasteiger partial charge is 0.241 e. The maximum Gasteiger partial charge on any atom is 0.123 e. The van der Waals surface area contributed by atoms with Crippen molar-refractivity contribution in [1.82, 2.24) is 4.98 Å². The van der Waals surface area contributed by atoms with E-state index in [9.17, 15) is 0 Å². The molecule has 0 aliphatic heterocycles. The van der Waals surface area contributed by atoms with Crippen molar-refractivity contribution in [3.63, 3.8) is 0 Å². The molecule has 1 heterocycles. The highest BCUT2D eigenvalue weighted by Crippen LogP contribution is 2.28. The Labute approximate surface area is 105 Å². The molecule has 1 aromatic heterocycles. The number of rotatable bonds is 3. The molecule has 0 saturated heterocycles. The van der Waals surface area contributed by atoms with Crippen LogP contribution in [0.15, 0.2) is 24.3 Å². The third-order valence-electron chi connectivity index (χ3n) is 2.62. The Hall–Kier alpha value is -0.860. The van der Waals surface area contributed by atoms with Crippen LogP contribution in [0.4, 0.5) is 0 Å². The molecule has 0 unspecified atom stereocenters. The number of nitrogens with zero attached hydrogens (tertiary/aromatic N) is 1. The predicted octanol–water partition coefficient (Wildman–Crippen LogP) is 4.42. The SMILES string of the molecule is CCc1ccc(-c2nc(C)c(CCl)s2)cc1. The topological polar surface area (TPSA) is 12.9 Å². The molecule has 1 nitrogen and oxygen atoms in total. The first-order valence-electron chi connectivity index (χ1n) is 5.36. The van der Waals surface area contributed by atoms with Crippen molar-refractivity contribution in [2.24, 2.45) is 0 Å². The average Bonchev–Trinajstić information content (AvgIpc) is 2.71. The van der Waals surface area contributed by atoms with E-state index < -0.39 is 0 Å². The van der Waals surface area contributed by atoms with Crippen LogP contribution < -0.4 is 0 Å². The van der Waals surface area contributed by atoms with Crippen LogP contribution in [0, 0.1) is 6.92 Å². The van der Waals surface area contributed by atoms with E-state index in [0.717, 1.165) is 22.0 Å². The lowest BCUT2D eigenvalue weighted by Gasteiger charge is -1.98. The van der Waals surface area contributed by atoms with Gasteiger partial charge >= 0.3 is 0 Å². The van der Waals surface area contributed by atoms with Crippen LogP contribution in [0.25, 0.3) is 10.6 Å². The molecule has 0 bridgehead atoms. The molecule has 3 heteroatoms. The summed E-state index contributed by atoms with van der Waals surface area (Å²) in [5.41, 5.74) is 3.59. The van der Waals surface area contributed by atoms with Gasteiger partial charge in [-0.1, -0.05) is 31.2 Å². The normalized spacial score (nSPS) is 10.7. The molecular formula is C13H14ClNS. The van der Waals surface area contributed by atoms with Gasteiger partial charge in [0, 0.05) is 10.4 Å². The lowest BCUT2D eigenvalue weighted by atomic mass is 10.1. The summed E-state index contributed by atoms with van der Waals surface area (Å²) >= 11 is 7.53. The number of halogens is 1. The Morgan fingerprint density at radius 1 is 1.25 bits per heavy atom. The fraction of sp³-hybridized carbons (Fsp3) is 0.308. The summed E-state index contributed by atoms with van der Waals surface area (Å²) in [6, 6.07) is 8.59. The molecule has 0 aliphatic rings. The number of aryl methyl sites for hydroxylation is 2. The van der Waals surface area contributed by atoms with Crippen LogP contribution in [0.1, 0.15) is 23.1 Å². The first-order valence-corrected chi connectivity index (χ1v) is 6.71. The summed E-state index contributed by atoms with van der Waals surface area (Å²) in [7, 11) is 0. The number of hydrogen-bond acceptors (Lipinski definition) is 2. The van der Waals surface area contributed by atoms with Gasteiger partial charge in [-0.2, -0.15) is 0 Å². The van der Waals surface area contributed by atoms with Crippen LogP contribution in [-0.4, -0.2) is 4.98 Å². The Bertz CT molecular complexity index is 473. The Kier molecular flexibility index (Phi) is 3.62. The Morgan fingerprint density at radius 3 is 2.44 bits per heavy atom. The predicted molar refractivity (Wildman–Crippen MR) is 71.2 cm³/mol. The van der Waals surface area contributed by atoms with E-state index in [0.29, 0.717) is 5.88 Å². The minimum absolute atomic E-state index is 0.552. The highest BCUT2D eigenvalue weighted by molar-refractivity contribution is 7.15. The zero-order valence-electron chi connectivity index (χ0n) is 9.46. The molecule has 0 aliphatic carbocycles. The van der Waals surface area contributed by atoms with E-state index in [-0.39, 0.29) is 0 Å². The number of aromatic nitrogens is 1. The molecule has 16 heavy (non-hydrogen) atoms. The van der Waals surface area contributed by atoms with Crippen LogP contribution in [0.5, 0.6) is 0 Å². The van der Waals surface area contributed by atoms with Gasteiger partial charge in [0.1, 0.15) is 5.01 Å². The van der Waals surface area contributed by atoms with Gasteiger partial charge in [0.15, 0.2) is 0 Å². The summed E-state index contributed by atoms with van der Waals surface area (Å²) in [5.74, 6) is 0.552. The minimum Gasteiger partial charge on any atom is -0.241 e. The van der Waals surface area contributed by atoms with Gasteiger partial charge in [-0.3, -0.25) is 0 Å². The third kappa shape index (κ3) is 2.28. The fourth-order valence-corrected chi connectivity index (χ4v) is 2.83. The molecule has 2 rings (SSSR count). The molecule has 0 radical (unpaired) electrons. The van der Waals surface area contributed by atoms with Gasteiger partial charge in [0.25, 0.3) is 0 Å². The summed E-state index contributed by atoms with van der Waals surface area (Å²) in [6.07, 6.45) is 1.07. The second kappa shape index (κ2) is 4.98. The molecule has 0 fully saturated rings. The van der Waals surface area contributed by atoms with Crippen molar-refractivity contribution in [3.8, 4) is 10.6 Å². The number of hydrogen-bond donors (Lipinski definition) is 0. The highest BCUT2D eigenvalue weighted by Gasteiger charge is 2.08. The number of benzene rings is 1. The molecule has 0 spiro atoms. The molecule has 0 N–H and O–H groups in total. The van der Waals surface area contributed by atoms with E-state index in [4.69, 9.17) is 11.6 Å². The minimum atomic E-state index is 0.552. The second-order valence-electron chi connectivity index (χ2n) is 3.71. The first-order chi connectivity index (χ1) is 7.74. The Morgan fingerprint density at radius 2 is 1.94 bits per heavy atom. The standard InChI is InChI=1S/C13H14ClNS/c1-3-10-4-6-11(7-5-10)13-15-9(2)12(8-14)16-13/h4-7H,3,8H2,1-2H3. The molecule has 2 aromatic rings. The molecule has 0 amide bonds. The van der Waals surface area contributed by atoms with Gasteiger partial charge in [-0.05, 0) is 18.9 Å². The van der Waals surface area contributed by atoms with Crippen molar-refractivity contribution >= 4 is 22.9 Å². The van der Waals surface area contributed by atoms with Crippen LogP contribution in [0.3, 0.4) is 0 Å². The van der Waals surface area contributed by atoms with Crippen molar-refractivity contribution in [2.75, 3.05) is 0 Å². The van der Waals surface area contributed by atoms with E-state index in [1.54, 1.807) is 11.3 Å². The second-order valence-corrected chi connectivity index (χ2v) is 5.06. The monoisotopic (exact) mass is 251 g/mol. The van der Waals surface area contributed by atoms with E-state index in [1.807, 2.05) is 6.92 Å². The molecule has 1 aromatic carbocycles. The summed E-state index contributed by atoms with van der Waals surface area (Å²) in [4.78, 5) is 5.70.